The number of para-hydroxylation sites is 2. The number of nitrogens with zero attached hydrogens (tertiary/aromatic N) is 2. The van der Waals surface area contributed by atoms with E-state index in [1.165, 1.54) is 0 Å². The zero-order chi connectivity index (χ0) is 22.5. The molecule has 6 nitrogen and oxygen atoms in total. The van der Waals surface area contributed by atoms with E-state index in [-0.39, 0.29) is 6.03 Å². The summed E-state index contributed by atoms with van der Waals surface area (Å²) in [6, 6.07) is 21.1. The second-order valence-electron chi connectivity index (χ2n) is 7.41. The van der Waals surface area contributed by atoms with E-state index in [0.717, 1.165) is 12.0 Å². The van der Waals surface area contributed by atoms with Gasteiger partial charge in [0.15, 0.2) is 0 Å². The van der Waals surface area contributed by atoms with Gasteiger partial charge in [0.25, 0.3) is 0 Å². The van der Waals surface area contributed by atoms with Gasteiger partial charge in [-0.2, -0.15) is 0 Å². The maximum absolute atomic E-state index is 13.3. The standard InChI is InChI=1S/C24H22Cl2N4O2/c25-18-8-5-9-19(15-18)27-23(31)28-21-11-3-4-12-22(21)30-14-6-13-29(24(30)32)16-17-7-1-2-10-20(17)26/h1-5,7-12,15H,6,13-14,16H2,(H2,27,28,31). The van der Waals surface area contributed by atoms with Crippen molar-refractivity contribution in [3.63, 3.8) is 0 Å². The topological polar surface area (TPSA) is 64.7 Å². The van der Waals surface area contributed by atoms with Crippen LogP contribution < -0.4 is 15.5 Å². The maximum Gasteiger partial charge on any atom is 0.324 e. The van der Waals surface area contributed by atoms with Gasteiger partial charge in [0.1, 0.15) is 0 Å². The van der Waals surface area contributed by atoms with Crippen LogP contribution in [0.3, 0.4) is 0 Å². The molecule has 4 rings (SSSR count). The summed E-state index contributed by atoms with van der Waals surface area (Å²) in [4.78, 5) is 29.3. The molecule has 0 saturated carbocycles. The zero-order valence-corrected chi connectivity index (χ0v) is 18.7. The van der Waals surface area contributed by atoms with Gasteiger partial charge in [0, 0.05) is 35.4 Å². The summed E-state index contributed by atoms with van der Waals surface area (Å²) < 4.78 is 0. The molecule has 32 heavy (non-hydrogen) atoms. The van der Waals surface area contributed by atoms with Crippen molar-refractivity contribution in [1.29, 1.82) is 0 Å². The summed E-state index contributed by atoms with van der Waals surface area (Å²) in [5.41, 5.74) is 2.66. The first-order valence-corrected chi connectivity index (χ1v) is 11.0. The van der Waals surface area contributed by atoms with E-state index in [1.54, 1.807) is 40.1 Å². The van der Waals surface area contributed by atoms with Gasteiger partial charge in [-0.15, -0.1) is 0 Å². The van der Waals surface area contributed by atoms with Crippen LogP contribution in [-0.2, 0) is 6.54 Å². The highest BCUT2D eigenvalue weighted by Crippen LogP contribution is 2.30. The molecule has 1 saturated heterocycles. The fraction of sp³-hybridized carbons (Fsp3) is 0.167. The molecule has 0 aliphatic carbocycles. The number of carbonyl (C=O) groups excluding carboxylic acids is 2. The summed E-state index contributed by atoms with van der Waals surface area (Å²) in [6.45, 7) is 1.64. The normalized spacial score (nSPS) is 13.8. The molecule has 1 aliphatic rings. The fourth-order valence-electron chi connectivity index (χ4n) is 3.65. The number of amides is 4. The minimum absolute atomic E-state index is 0.124. The Labute approximate surface area is 196 Å². The number of hydrogen-bond donors (Lipinski definition) is 2. The highest BCUT2D eigenvalue weighted by atomic mass is 35.5. The van der Waals surface area contributed by atoms with Gasteiger partial charge in [-0.1, -0.05) is 59.6 Å². The van der Waals surface area contributed by atoms with Gasteiger partial charge in [-0.05, 0) is 48.4 Å². The van der Waals surface area contributed by atoms with Crippen molar-refractivity contribution in [2.75, 3.05) is 28.6 Å². The average molecular weight is 469 g/mol. The lowest BCUT2D eigenvalue weighted by Crippen LogP contribution is -2.49. The zero-order valence-electron chi connectivity index (χ0n) is 17.2. The molecule has 0 unspecified atom stereocenters. The van der Waals surface area contributed by atoms with E-state index in [2.05, 4.69) is 10.6 Å². The minimum Gasteiger partial charge on any atom is -0.320 e. The van der Waals surface area contributed by atoms with Crippen molar-refractivity contribution in [3.05, 3.63) is 88.4 Å². The largest absolute Gasteiger partial charge is 0.324 e. The van der Waals surface area contributed by atoms with Gasteiger partial charge in [-0.3, -0.25) is 4.90 Å². The summed E-state index contributed by atoms with van der Waals surface area (Å²) in [5.74, 6) is 0. The third kappa shape index (κ3) is 5.15. The van der Waals surface area contributed by atoms with Crippen LogP contribution in [0.5, 0.6) is 0 Å². The molecule has 1 heterocycles. The van der Waals surface area contributed by atoms with Crippen molar-refractivity contribution >= 4 is 52.3 Å². The quantitative estimate of drug-likeness (QED) is 0.450. The lowest BCUT2D eigenvalue weighted by atomic mass is 10.1. The Kier molecular flexibility index (Phi) is 6.83. The SMILES string of the molecule is O=C(Nc1cccc(Cl)c1)Nc1ccccc1N1CCCN(Cc2ccccc2Cl)C1=O. The van der Waals surface area contributed by atoms with E-state index in [1.807, 2.05) is 42.5 Å². The summed E-state index contributed by atoms with van der Waals surface area (Å²) in [6.07, 6.45) is 0.805. The highest BCUT2D eigenvalue weighted by molar-refractivity contribution is 6.31. The lowest BCUT2D eigenvalue weighted by Gasteiger charge is -2.36. The van der Waals surface area contributed by atoms with Crippen molar-refractivity contribution < 1.29 is 9.59 Å². The van der Waals surface area contributed by atoms with Gasteiger partial charge >= 0.3 is 12.1 Å². The summed E-state index contributed by atoms with van der Waals surface area (Å²) in [5, 5.41) is 6.77. The van der Waals surface area contributed by atoms with E-state index in [9.17, 15) is 9.59 Å². The Morgan fingerprint density at radius 2 is 1.69 bits per heavy atom. The third-order valence-electron chi connectivity index (χ3n) is 5.16. The Bertz CT molecular complexity index is 1140. The molecular weight excluding hydrogens is 447 g/mol. The maximum atomic E-state index is 13.3. The minimum atomic E-state index is -0.419. The number of rotatable bonds is 5. The molecule has 2 N–H and O–H groups in total. The van der Waals surface area contributed by atoms with E-state index in [0.29, 0.717) is 46.7 Å². The first kappa shape index (κ1) is 22.0. The molecule has 0 radical (unpaired) electrons. The van der Waals surface area contributed by atoms with Crippen molar-refractivity contribution in [2.45, 2.75) is 13.0 Å². The molecule has 164 valence electrons. The number of benzene rings is 3. The fourth-order valence-corrected chi connectivity index (χ4v) is 4.04. The number of nitrogens with one attached hydrogen (secondary N) is 2. The van der Waals surface area contributed by atoms with E-state index >= 15 is 0 Å². The molecule has 0 atom stereocenters. The Morgan fingerprint density at radius 3 is 2.50 bits per heavy atom. The van der Waals surface area contributed by atoms with Crippen LogP contribution in [0.4, 0.5) is 26.7 Å². The van der Waals surface area contributed by atoms with E-state index in [4.69, 9.17) is 23.2 Å². The third-order valence-corrected chi connectivity index (χ3v) is 5.76. The van der Waals surface area contributed by atoms with Gasteiger partial charge < -0.3 is 15.5 Å². The molecule has 8 heteroatoms. The van der Waals surface area contributed by atoms with Gasteiger partial charge in [0.05, 0.1) is 11.4 Å². The Hall–Kier alpha value is -3.22. The smallest absolute Gasteiger partial charge is 0.320 e. The number of urea groups is 2. The summed E-state index contributed by atoms with van der Waals surface area (Å²) >= 11 is 12.3. The molecule has 1 fully saturated rings. The predicted octanol–water partition coefficient (Wildman–Crippen LogP) is 6.47. The molecular formula is C24H22Cl2N4O2. The molecule has 3 aromatic carbocycles. The second-order valence-corrected chi connectivity index (χ2v) is 8.25. The summed E-state index contributed by atoms with van der Waals surface area (Å²) in [7, 11) is 0. The first-order valence-electron chi connectivity index (χ1n) is 10.2. The van der Waals surface area contributed by atoms with Crippen molar-refractivity contribution in [2.24, 2.45) is 0 Å². The van der Waals surface area contributed by atoms with Gasteiger partial charge in [0.2, 0.25) is 0 Å². The number of anilines is 3. The Morgan fingerprint density at radius 1 is 0.906 bits per heavy atom. The van der Waals surface area contributed by atoms with Gasteiger partial charge in [-0.25, -0.2) is 9.59 Å². The Balaban J connectivity index is 1.50. The molecule has 0 spiro atoms. The van der Waals surface area contributed by atoms with Crippen molar-refractivity contribution in [1.82, 2.24) is 4.90 Å². The number of carbonyl (C=O) groups is 2. The molecule has 1 aliphatic heterocycles. The second kappa shape index (κ2) is 9.94. The van der Waals surface area contributed by atoms with Crippen LogP contribution in [0.2, 0.25) is 10.0 Å². The van der Waals surface area contributed by atoms with Crippen LogP contribution in [0.15, 0.2) is 72.8 Å². The van der Waals surface area contributed by atoms with Crippen LogP contribution in [0, 0.1) is 0 Å². The first-order chi connectivity index (χ1) is 15.5. The molecule has 0 aromatic heterocycles. The average Bonchev–Trinajstić information content (AvgIpc) is 2.77. The predicted molar refractivity (Wildman–Crippen MR) is 130 cm³/mol. The van der Waals surface area contributed by atoms with E-state index < -0.39 is 6.03 Å². The number of halogens is 2. The molecule has 0 bridgehead atoms. The van der Waals surface area contributed by atoms with Crippen LogP contribution in [-0.4, -0.2) is 30.1 Å². The lowest BCUT2D eigenvalue weighted by molar-refractivity contribution is 0.192. The van der Waals surface area contributed by atoms with Crippen LogP contribution >= 0.6 is 23.2 Å². The van der Waals surface area contributed by atoms with Crippen LogP contribution in [0.1, 0.15) is 12.0 Å². The highest BCUT2D eigenvalue weighted by Gasteiger charge is 2.28. The molecule has 4 amide bonds. The van der Waals surface area contributed by atoms with Crippen LogP contribution in [0.25, 0.3) is 0 Å². The number of hydrogen-bond acceptors (Lipinski definition) is 2. The van der Waals surface area contributed by atoms with Crippen molar-refractivity contribution in [3.8, 4) is 0 Å². The molecule has 3 aromatic rings. The monoisotopic (exact) mass is 468 g/mol.